The molecule has 0 radical (unpaired) electrons. The number of anilines is 2. The monoisotopic (exact) mass is 306 g/mol. The van der Waals surface area contributed by atoms with Crippen molar-refractivity contribution in [3.05, 3.63) is 5.56 Å². The molecule has 2 aliphatic rings. The van der Waals surface area contributed by atoms with Crippen LogP contribution in [-0.2, 0) is 11.2 Å². The molecule has 1 spiro atoms. The van der Waals surface area contributed by atoms with Crippen LogP contribution in [0.2, 0.25) is 0 Å². The summed E-state index contributed by atoms with van der Waals surface area (Å²) in [4.78, 5) is 22.1. The van der Waals surface area contributed by atoms with Gasteiger partial charge >= 0.3 is 0 Å². The van der Waals surface area contributed by atoms with Crippen molar-refractivity contribution in [3.8, 4) is 5.88 Å². The maximum absolute atomic E-state index is 12.2. The molecule has 0 aliphatic carbocycles. The summed E-state index contributed by atoms with van der Waals surface area (Å²) in [6.07, 6.45) is 2.08. The lowest BCUT2D eigenvalue weighted by atomic mass is 9.86. The number of nitrogen functional groups attached to an aromatic ring is 2. The molecule has 3 rings (SSSR count). The first kappa shape index (κ1) is 14.8. The smallest absolute Gasteiger partial charge is 0.242 e. The van der Waals surface area contributed by atoms with Gasteiger partial charge in [0.25, 0.3) is 0 Å². The van der Waals surface area contributed by atoms with Crippen molar-refractivity contribution < 1.29 is 9.53 Å². The number of piperidine rings is 1. The third kappa shape index (κ3) is 2.43. The second kappa shape index (κ2) is 4.70. The van der Waals surface area contributed by atoms with Gasteiger partial charge in [-0.3, -0.25) is 4.79 Å². The molecule has 1 aromatic heterocycles. The topological polar surface area (TPSA) is 133 Å². The molecule has 0 saturated carbocycles. The fourth-order valence-corrected chi connectivity index (χ4v) is 3.11. The molecule has 1 amide bonds. The number of amides is 1. The molecule has 6 N–H and O–H groups in total. The molecule has 0 unspecified atom stereocenters. The Hall–Kier alpha value is -2.09. The van der Waals surface area contributed by atoms with Gasteiger partial charge in [-0.05, 0) is 13.8 Å². The highest BCUT2D eigenvalue weighted by atomic mass is 16.5. The summed E-state index contributed by atoms with van der Waals surface area (Å²) in [6, 6.07) is 0. The van der Waals surface area contributed by atoms with Crippen LogP contribution in [-0.4, -0.2) is 45.0 Å². The van der Waals surface area contributed by atoms with Crippen LogP contribution in [0, 0.1) is 0 Å². The largest absolute Gasteiger partial charge is 0.470 e. The van der Waals surface area contributed by atoms with Gasteiger partial charge in [0, 0.05) is 32.4 Å². The first-order valence-electron chi connectivity index (χ1n) is 7.39. The average Bonchev–Trinajstić information content (AvgIpc) is 2.76. The molecule has 8 heteroatoms. The van der Waals surface area contributed by atoms with Crippen molar-refractivity contribution in [1.29, 1.82) is 0 Å². The summed E-state index contributed by atoms with van der Waals surface area (Å²) in [5, 5.41) is 0. The van der Waals surface area contributed by atoms with E-state index in [9.17, 15) is 4.79 Å². The summed E-state index contributed by atoms with van der Waals surface area (Å²) >= 11 is 0. The van der Waals surface area contributed by atoms with E-state index in [1.54, 1.807) is 18.7 Å². The molecule has 1 saturated heterocycles. The van der Waals surface area contributed by atoms with E-state index in [2.05, 4.69) is 9.97 Å². The molecule has 1 aromatic rings. The van der Waals surface area contributed by atoms with Crippen molar-refractivity contribution in [2.75, 3.05) is 24.6 Å². The van der Waals surface area contributed by atoms with Gasteiger partial charge in [0.15, 0.2) is 0 Å². The first-order chi connectivity index (χ1) is 10.2. The summed E-state index contributed by atoms with van der Waals surface area (Å²) in [5.74, 6) is 0.928. The van der Waals surface area contributed by atoms with Crippen LogP contribution in [0.5, 0.6) is 5.88 Å². The average molecular weight is 306 g/mol. The molecule has 0 atom stereocenters. The Bertz CT molecular complexity index is 616. The van der Waals surface area contributed by atoms with Gasteiger partial charge in [0.05, 0.1) is 11.1 Å². The van der Waals surface area contributed by atoms with Crippen molar-refractivity contribution in [3.63, 3.8) is 0 Å². The minimum Gasteiger partial charge on any atom is -0.470 e. The zero-order valence-corrected chi connectivity index (χ0v) is 12.9. The van der Waals surface area contributed by atoms with Crippen LogP contribution in [0.15, 0.2) is 0 Å². The Kier molecular flexibility index (Phi) is 3.17. The number of carbonyl (C=O) groups is 1. The maximum Gasteiger partial charge on any atom is 0.242 e. The third-order valence-corrected chi connectivity index (χ3v) is 4.34. The van der Waals surface area contributed by atoms with E-state index in [0.717, 1.165) is 5.56 Å². The SMILES string of the molecule is CC(C)(N)C(=O)N1CCC2(CC1)Cc1c(N)nc(N)nc1O2. The predicted molar refractivity (Wildman–Crippen MR) is 82.0 cm³/mol. The quantitative estimate of drug-likeness (QED) is 0.647. The normalized spacial score (nSPS) is 19.9. The molecule has 0 aromatic carbocycles. The molecular weight excluding hydrogens is 284 g/mol. The van der Waals surface area contributed by atoms with Crippen LogP contribution in [0.25, 0.3) is 0 Å². The number of hydrogen-bond acceptors (Lipinski definition) is 7. The van der Waals surface area contributed by atoms with E-state index in [0.29, 0.717) is 44.0 Å². The molecule has 120 valence electrons. The Morgan fingerprint density at radius 1 is 1.27 bits per heavy atom. The Labute approximate surface area is 129 Å². The number of fused-ring (bicyclic) bond motifs is 1. The lowest BCUT2D eigenvalue weighted by Crippen LogP contribution is -2.56. The van der Waals surface area contributed by atoms with Crippen molar-refractivity contribution >= 4 is 17.7 Å². The molecule has 22 heavy (non-hydrogen) atoms. The van der Waals surface area contributed by atoms with Crippen LogP contribution < -0.4 is 21.9 Å². The van der Waals surface area contributed by atoms with Crippen LogP contribution in [0.1, 0.15) is 32.3 Å². The van der Waals surface area contributed by atoms with Crippen molar-refractivity contribution in [2.24, 2.45) is 5.73 Å². The fourth-order valence-electron chi connectivity index (χ4n) is 3.11. The van der Waals surface area contributed by atoms with Crippen LogP contribution >= 0.6 is 0 Å². The third-order valence-electron chi connectivity index (χ3n) is 4.34. The Balaban J connectivity index is 1.73. The zero-order chi connectivity index (χ0) is 16.1. The zero-order valence-electron chi connectivity index (χ0n) is 12.9. The van der Waals surface area contributed by atoms with Gasteiger partial charge in [-0.25, -0.2) is 0 Å². The van der Waals surface area contributed by atoms with E-state index in [1.165, 1.54) is 0 Å². The highest BCUT2D eigenvalue weighted by Crippen LogP contribution is 2.42. The lowest BCUT2D eigenvalue weighted by molar-refractivity contribution is -0.139. The van der Waals surface area contributed by atoms with Gasteiger partial charge in [-0.1, -0.05) is 0 Å². The summed E-state index contributed by atoms with van der Waals surface area (Å²) < 4.78 is 6.03. The number of rotatable bonds is 1. The highest BCUT2D eigenvalue weighted by Gasteiger charge is 2.45. The molecular formula is C14H22N6O2. The van der Waals surface area contributed by atoms with Crippen LogP contribution in [0.4, 0.5) is 11.8 Å². The van der Waals surface area contributed by atoms with Gasteiger partial charge < -0.3 is 26.8 Å². The summed E-state index contributed by atoms with van der Waals surface area (Å²) in [5.41, 5.74) is 17.0. The number of likely N-dealkylation sites (tertiary alicyclic amines) is 1. The fraction of sp³-hybridized carbons (Fsp3) is 0.643. The predicted octanol–water partition coefficient (Wildman–Crippen LogP) is -0.326. The second-order valence-corrected chi connectivity index (χ2v) is 6.73. The first-order valence-corrected chi connectivity index (χ1v) is 7.39. The Morgan fingerprint density at radius 3 is 2.50 bits per heavy atom. The van der Waals surface area contributed by atoms with Gasteiger partial charge in [-0.2, -0.15) is 9.97 Å². The molecule has 3 heterocycles. The van der Waals surface area contributed by atoms with Gasteiger partial charge in [0.2, 0.25) is 17.7 Å². The molecule has 0 bridgehead atoms. The lowest BCUT2D eigenvalue weighted by Gasteiger charge is -2.40. The van der Waals surface area contributed by atoms with E-state index >= 15 is 0 Å². The number of ether oxygens (including phenoxy) is 1. The Morgan fingerprint density at radius 2 is 1.91 bits per heavy atom. The second-order valence-electron chi connectivity index (χ2n) is 6.73. The van der Waals surface area contributed by atoms with Crippen molar-refractivity contribution in [2.45, 2.75) is 44.2 Å². The minimum atomic E-state index is -0.853. The van der Waals surface area contributed by atoms with E-state index < -0.39 is 5.54 Å². The molecule has 1 fully saturated rings. The number of nitrogens with two attached hydrogens (primary N) is 3. The van der Waals surface area contributed by atoms with Crippen molar-refractivity contribution in [1.82, 2.24) is 14.9 Å². The number of aromatic nitrogens is 2. The molecule has 8 nitrogen and oxygen atoms in total. The van der Waals surface area contributed by atoms with Gasteiger partial charge in [0.1, 0.15) is 11.4 Å². The maximum atomic E-state index is 12.2. The standard InChI is InChI=1S/C14H22N6O2/c1-13(2,17)11(21)20-5-3-14(4-6-20)7-8-9(15)18-12(16)19-10(8)22-14/h3-7,17H2,1-2H3,(H4,15,16,18,19). The van der Waals surface area contributed by atoms with E-state index in [-0.39, 0.29) is 17.5 Å². The van der Waals surface area contributed by atoms with Crippen LogP contribution in [0.3, 0.4) is 0 Å². The number of hydrogen-bond donors (Lipinski definition) is 3. The van der Waals surface area contributed by atoms with E-state index in [1.807, 2.05) is 0 Å². The van der Waals surface area contributed by atoms with E-state index in [4.69, 9.17) is 21.9 Å². The van der Waals surface area contributed by atoms with Gasteiger partial charge in [-0.15, -0.1) is 0 Å². The summed E-state index contributed by atoms with van der Waals surface area (Å²) in [6.45, 7) is 4.66. The summed E-state index contributed by atoms with van der Waals surface area (Å²) in [7, 11) is 0. The highest BCUT2D eigenvalue weighted by molar-refractivity contribution is 5.85. The minimum absolute atomic E-state index is 0.0404. The number of nitrogens with zero attached hydrogens (tertiary/aromatic N) is 3. The number of carbonyl (C=O) groups excluding carboxylic acids is 1. The molecule has 2 aliphatic heterocycles.